The van der Waals surface area contributed by atoms with Gasteiger partial charge in [-0.25, -0.2) is 4.79 Å². The predicted molar refractivity (Wildman–Crippen MR) is 168 cm³/mol. The summed E-state index contributed by atoms with van der Waals surface area (Å²) in [6, 6.07) is 0. The SMILES string of the molecule is O=C(O)C(F)(OC(F)(F)C(F)(OC(F)(F)C(F)(OC(F)(F)C(F)(OC(F)(F)C(F)(OC(F)(F)C(F)(OC(F)(F)C(F)(OC(F)(F)C(F)(OC(F)(F)C(F)(OC(F)(F)C(F)(F)C(F)(F)F)C(F)(F)F)C(F)(F)F)C(F)(F)F)C(F)(F)F)C(F)(F)F)C(F)(F)F)C(F)(F)F)C(F)(F)F)C(F)(F)F.[NH4+]. The molecule has 12 nitrogen and oxygen atoms in total. The van der Waals surface area contributed by atoms with Crippen molar-refractivity contribution in [3.63, 3.8) is 0 Å². The maximum absolute atomic E-state index is 15.1. The average Bonchev–Trinajstić information content (AvgIpc) is 0.712. The second-order valence-electron chi connectivity index (χ2n) is 16.8. The molecule has 0 rings (SSSR count). The molecule has 0 fully saturated rings. The molecule has 9 unspecified atom stereocenters. The number of alkyl halides is 59. The van der Waals surface area contributed by atoms with Crippen LogP contribution in [-0.2, 0) is 47.4 Å². The second kappa shape index (κ2) is 25.6. The summed E-state index contributed by atoms with van der Waals surface area (Å²) < 4.78 is 823. The van der Waals surface area contributed by atoms with E-state index in [9.17, 15) is 251 Å². The first-order valence-electron chi connectivity index (χ1n) is 20.3. The Morgan fingerprint density at radius 3 is 0.366 bits per heavy atom. The van der Waals surface area contributed by atoms with Gasteiger partial charge in [0.25, 0.3) is 0 Å². The van der Waals surface area contributed by atoms with Gasteiger partial charge >= 0.3 is 181 Å². The molecule has 0 aromatic heterocycles. The van der Waals surface area contributed by atoms with Crippen molar-refractivity contribution in [1.29, 1.82) is 0 Å². The number of rotatable bonds is 28. The molecule has 608 valence electrons. The number of ether oxygens (including phenoxy) is 9. The van der Waals surface area contributed by atoms with Crippen LogP contribution in [-0.4, -0.2) is 186 Å². The van der Waals surface area contributed by atoms with Gasteiger partial charge in [0.2, 0.25) is 0 Å². The Hall–Kier alpha value is -5.06. The third kappa shape index (κ3) is 16.1. The summed E-state index contributed by atoms with van der Waals surface area (Å²) in [5.74, 6) is -103. The Kier molecular flexibility index (Phi) is 24.8. The van der Waals surface area contributed by atoms with Crippen molar-refractivity contribution in [3.8, 4) is 0 Å². The third-order valence-electron chi connectivity index (χ3n) is 9.69. The van der Waals surface area contributed by atoms with Crippen molar-refractivity contribution in [2.24, 2.45) is 0 Å². The van der Waals surface area contributed by atoms with E-state index in [1.54, 1.807) is 0 Å². The molecule has 0 aromatic carbocycles. The quantitative estimate of drug-likeness (QED) is 0.0719. The van der Waals surface area contributed by atoms with E-state index in [1.807, 2.05) is 0 Å². The van der Waals surface area contributed by atoms with E-state index in [-0.39, 0.29) is 6.15 Å². The highest BCUT2D eigenvalue weighted by Crippen LogP contribution is 2.66. The highest BCUT2D eigenvalue weighted by Gasteiger charge is 2.95. The van der Waals surface area contributed by atoms with E-state index in [1.165, 1.54) is 0 Å². The van der Waals surface area contributed by atoms with Gasteiger partial charge in [-0.1, -0.05) is 0 Å². The minimum absolute atomic E-state index is 0. The fourth-order valence-electron chi connectivity index (χ4n) is 4.82. The molecule has 0 aliphatic rings. The van der Waals surface area contributed by atoms with E-state index in [4.69, 9.17) is 5.11 Å². The Balaban J connectivity index is 0. The summed E-state index contributed by atoms with van der Waals surface area (Å²) in [5, 5.41) is 8.02. The topological polar surface area (TPSA) is 157 Å². The van der Waals surface area contributed by atoms with E-state index < -0.39 is 181 Å². The van der Waals surface area contributed by atoms with Crippen molar-refractivity contribution >= 4 is 5.97 Å². The van der Waals surface area contributed by atoms with Crippen LogP contribution >= 0.6 is 0 Å². The molecular weight excluding hydrogens is 1670 g/mol. The first-order valence-corrected chi connectivity index (χ1v) is 20.3. The summed E-state index contributed by atoms with van der Waals surface area (Å²) in [6.45, 7) is 0. The van der Waals surface area contributed by atoms with Gasteiger partial charge in [-0.05, 0) is 0 Å². The van der Waals surface area contributed by atoms with Crippen LogP contribution in [0.25, 0.3) is 0 Å². The predicted octanol–water partition coefficient (Wildman–Crippen LogP) is 18.2. The molecule has 9 atom stereocenters. The number of halogens is 59. The Bertz CT molecular complexity index is 2860. The van der Waals surface area contributed by atoms with Gasteiger partial charge in [0.1, 0.15) is 0 Å². The summed E-state index contributed by atoms with van der Waals surface area (Å²) in [6.07, 6.45) is -184. The van der Waals surface area contributed by atoms with Crippen LogP contribution in [0.1, 0.15) is 0 Å². The monoisotopic (exact) mass is 1680 g/mol. The van der Waals surface area contributed by atoms with Crippen LogP contribution in [0.2, 0.25) is 0 Å². The largest absolute Gasteiger partial charge is 0.477 e. The fraction of sp³-hybridized carbons (Fsp3) is 0.967. The number of hydrogen-bond acceptors (Lipinski definition) is 10. The zero-order valence-electron chi connectivity index (χ0n) is 42.8. The molecule has 0 saturated carbocycles. The van der Waals surface area contributed by atoms with Gasteiger partial charge in [-0.2, -0.15) is 259 Å². The van der Waals surface area contributed by atoms with Gasteiger partial charge in [0.05, 0.1) is 0 Å². The minimum Gasteiger partial charge on any atom is -0.477 e. The molecule has 0 amide bonds. The first kappa shape index (κ1) is 98.0. The summed E-state index contributed by atoms with van der Waals surface area (Å²) >= 11 is 0. The molecule has 0 aliphatic heterocycles. The van der Waals surface area contributed by atoms with Crippen molar-refractivity contribution in [3.05, 3.63) is 0 Å². The average molecular weight is 1680 g/mol. The number of carboxylic acid groups (broad SMARTS) is 1. The Morgan fingerprint density at radius 1 is 0.168 bits per heavy atom. The standard InChI is InChI=1S/C30HF59O11.H3N/c31-2(1(90)91,12(42,43)44)92-23(74,75)4(34,14(48,49)50)94-25(78,79)6(36,16(54,55)56)96-27(82,83)8(38,18(60,61)62)98-29(86,87)10(40,20(66,67)68)100-30(88,89)11(41,21(69,70)71)99-28(84,85)9(39,19(63,64)65)97-26(80,81)7(37,17(57,58)59)95-24(76,77)5(35,15(51,52)53)93-22(72,73)3(32,33)13(45,46)47;/h(H,90,91);1H3/p+1. The van der Waals surface area contributed by atoms with Crippen LogP contribution in [0.5, 0.6) is 0 Å². The van der Waals surface area contributed by atoms with Gasteiger partial charge in [-0.15, -0.1) is 0 Å². The summed E-state index contributed by atoms with van der Waals surface area (Å²) in [5.41, 5.74) is 0. The van der Waals surface area contributed by atoms with Crippen molar-refractivity contribution in [2.45, 2.75) is 175 Å². The Morgan fingerprint density at radius 2 is 0.277 bits per heavy atom. The smallest absolute Gasteiger partial charge is 0.462 e. The minimum atomic E-state index is -10.5. The van der Waals surface area contributed by atoms with E-state index in [0.29, 0.717) is 37.9 Å². The molecule has 0 spiro atoms. The van der Waals surface area contributed by atoms with Gasteiger partial charge in [0, 0.05) is 0 Å². The Labute approximate surface area is 500 Å². The number of quaternary nitrogens is 1. The molecule has 0 bridgehead atoms. The number of aliphatic carboxylic acids is 1. The van der Waals surface area contributed by atoms with E-state index in [2.05, 4.69) is 0 Å². The molecule has 71 heteroatoms. The van der Waals surface area contributed by atoms with Gasteiger partial charge < -0.3 is 11.3 Å². The lowest BCUT2D eigenvalue weighted by Gasteiger charge is -2.45. The molecular formula is C30H5F59NO11+. The van der Waals surface area contributed by atoms with Crippen LogP contribution < -0.4 is 6.15 Å². The van der Waals surface area contributed by atoms with Crippen LogP contribution in [0.4, 0.5) is 259 Å². The van der Waals surface area contributed by atoms with Crippen molar-refractivity contribution in [1.82, 2.24) is 6.15 Å². The van der Waals surface area contributed by atoms with Crippen molar-refractivity contribution in [2.75, 3.05) is 0 Å². The zero-order chi connectivity index (χ0) is 82.4. The first-order chi connectivity index (χ1) is 42.1. The number of carboxylic acids is 1. The highest BCUT2D eigenvalue weighted by atomic mass is 19.5. The molecule has 0 aromatic rings. The normalized spacial score (nSPS) is 21.1. The molecule has 101 heavy (non-hydrogen) atoms. The lowest BCUT2D eigenvalue weighted by molar-refractivity contribution is -0.612. The molecule has 0 aliphatic carbocycles. The van der Waals surface area contributed by atoms with Gasteiger partial charge in [-0.3, -0.25) is 42.6 Å². The zero-order valence-corrected chi connectivity index (χ0v) is 42.8. The molecule has 5 N–H and O–H groups in total. The fourth-order valence-corrected chi connectivity index (χ4v) is 4.82. The van der Waals surface area contributed by atoms with Crippen LogP contribution in [0, 0.1) is 0 Å². The lowest BCUT2D eigenvalue weighted by Crippen LogP contribution is -2.74. The molecule has 0 radical (unpaired) electrons. The van der Waals surface area contributed by atoms with E-state index in [0.717, 1.165) is 4.74 Å². The highest BCUT2D eigenvalue weighted by molar-refractivity contribution is 5.76. The van der Waals surface area contributed by atoms with E-state index >= 15 is 13.2 Å². The van der Waals surface area contributed by atoms with Crippen LogP contribution in [0.3, 0.4) is 0 Å². The maximum atomic E-state index is 15.1. The molecule has 0 heterocycles. The second-order valence-corrected chi connectivity index (χ2v) is 16.8. The summed E-state index contributed by atoms with van der Waals surface area (Å²) in [7, 11) is 0. The number of hydrogen-bond donors (Lipinski definition) is 2. The third-order valence-corrected chi connectivity index (χ3v) is 9.69. The molecule has 0 saturated heterocycles. The van der Waals surface area contributed by atoms with Crippen molar-refractivity contribution < 1.29 is 312 Å². The number of carbonyl (C=O) groups is 1. The maximum Gasteiger partial charge on any atom is 0.462 e. The van der Waals surface area contributed by atoms with Crippen LogP contribution in [0.15, 0.2) is 0 Å². The lowest BCUT2D eigenvalue weighted by atomic mass is 10.1. The summed E-state index contributed by atoms with van der Waals surface area (Å²) in [4.78, 5) is 10.4. The van der Waals surface area contributed by atoms with Gasteiger partial charge in [0.15, 0.2) is 0 Å².